The van der Waals surface area contributed by atoms with Crippen LogP contribution in [0.3, 0.4) is 0 Å². The predicted molar refractivity (Wildman–Crippen MR) is 119 cm³/mol. The summed E-state index contributed by atoms with van der Waals surface area (Å²) in [4.78, 5) is 41.9. The maximum absolute atomic E-state index is 13.2. The van der Waals surface area contributed by atoms with Gasteiger partial charge < -0.3 is 19.9 Å². The summed E-state index contributed by atoms with van der Waals surface area (Å²) in [6, 6.07) is 4.24. The third kappa shape index (κ3) is 6.11. The second-order valence-electron chi connectivity index (χ2n) is 8.05. The number of nitrogens with one attached hydrogen (secondary N) is 1. The van der Waals surface area contributed by atoms with Crippen LogP contribution >= 0.6 is 23.2 Å². The van der Waals surface area contributed by atoms with Crippen LogP contribution in [0.15, 0.2) is 18.2 Å². The van der Waals surface area contributed by atoms with Gasteiger partial charge in [-0.2, -0.15) is 0 Å². The van der Waals surface area contributed by atoms with Crippen molar-refractivity contribution < 1.29 is 19.1 Å². The zero-order valence-corrected chi connectivity index (χ0v) is 19.3. The molecule has 1 aromatic carbocycles. The lowest BCUT2D eigenvalue weighted by Crippen LogP contribution is -2.51. The average molecular weight is 470 g/mol. The van der Waals surface area contributed by atoms with Crippen molar-refractivity contribution in [3.05, 3.63) is 33.8 Å². The summed E-state index contributed by atoms with van der Waals surface area (Å²) in [6.45, 7) is 2.79. The average Bonchev–Trinajstić information content (AvgIpc) is 3.25. The minimum Gasteiger partial charge on any atom is -0.385 e. The normalized spacial score (nSPS) is 19.5. The Labute approximate surface area is 193 Å². The van der Waals surface area contributed by atoms with E-state index in [1.165, 1.54) is 0 Å². The van der Waals surface area contributed by atoms with Gasteiger partial charge >= 0.3 is 0 Å². The van der Waals surface area contributed by atoms with E-state index in [-0.39, 0.29) is 23.6 Å². The van der Waals surface area contributed by atoms with Crippen molar-refractivity contribution in [3.63, 3.8) is 0 Å². The molecule has 1 unspecified atom stereocenters. The Balaban J connectivity index is 1.55. The summed E-state index contributed by atoms with van der Waals surface area (Å²) in [6.07, 6.45) is 3.46. The van der Waals surface area contributed by atoms with Crippen LogP contribution in [0.4, 0.5) is 0 Å². The topological polar surface area (TPSA) is 79.0 Å². The number of hydrogen-bond acceptors (Lipinski definition) is 4. The van der Waals surface area contributed by atoms with E-state index in [1.54, 1.807) is 35.1 Å². The van der Waals surface area contributed by atoms with Gasteiger partial charge in [-0.3, -0.25) is 14.4 Å². The molecule has 7 nitrogen and oxygen atoms in total. The number of ether oxygens (including phenoxy) is 1. The molecule has 170 valence electrons. The van der Waals surface area contributed by atoms with E-state index in [0.717, 1.165) is 12.8 Å². The quantitative estimate of drug-likeness (QED) is 0.622. The monoisotopic (exact) mass is 469 g/mol. The fourth-order valence-corrected chi connectivity index (χ4v) is 4.78. The minimum absolute atomic E-state index is 0.0405. The largest absolute Gasteiger partial charge is 0.385 e. The van der Waals surface area contributed by atoms with Crippen LogP contribution in [-0.2, 0) is 14.3 Å². The van der Waals surface area contributed by atoms with Gasteiger partial charge in [0.25, 0.3) is 5.91 Å². The molecular weight excluding hydrogens is 441 g/mol. The summed E-state index contributed by atoms with van der Waals surface area (Å²) in [7, 11) is 1.64. The molecule has 9 heteroatoms. The molecule has 1 aromatic rings. The highest BCUT2D eigenvalue weighted by Crippen LogP contribution is 2.27. The van der Waals surface area contributed by atoms with Crippen molar-refractivity contribution in [3.8, 4) is 0 Å². The maximum Gasteiger partial charge on any atom is 0.254 e. The summed E-state index contributed by atoms with van der Waals surface area (Å²) in [5, 5.41) is 3.72. The molecule has 0 aliphatic carbocycles. The number of nitrogens with zero attached hydrogens (tertiary/aromatic N) is 2. The van der Waals surface area contributed by atoms with E-state index in [4.69, 9.17) is 27.9 Å². The van der Waals surface area contributed by atoms with Crippen LogP contribution in [0, 0.1) is 5.92 Å². The number of benzene rings is 1. The van der Waals surface area contributed by atoms with Crippen LogP contribution in [0.5, 0.6) is 0 Å². The molecule has 31 heavy (non-hydrogen) atoms. The molecule has 0 saturated carbocycles. The van der Waals surface area contributed by atoms with Crippen LogP contribution in [0.1, 0.15) is 42.5 Å². The number of carbonyl (C=O) groups excluding carboxylic acids is 3. The molecule has 2 fully saturated rings. The van der Waals surface area contributed by atoms with Gasteiger partial charge in [0.1, 0.15) is 6.04 Å². The molecule has 2 aliphatic heterocycles. The van der Waals surface area contributed by atoms with E-state index in [2.05, 4.69) is 5.32 Å². The number of methoxy groups -OCH3 is 1. The van der Waals surface area contributed by atoms with Gasteiger partial charge in [-0.05, 0) is 50.3 Å². The van der Waals surface area contributed by atoms with Gasteiger partial charge in [-0.1, -0.05) is 23.2 Å². The Bertz CT molecular complexity index is 792. The summed E-state index contributed by atoms with van der Waals surface area (Å²) in [5.74, 6) is -0.316. The fraction of sp³-hybridized carbons (Fsp3) is 0.591. The highest BCUT2D eigenvalue weighted by Gasteiger charge is 2.38. The summed E-state index contributed by atoms with van der Waals surface area (Å²) in [5.41, 5.74) is 0.390. The highest BCUT2D eigenvalue weighted by molar-refractivity contribution is 6.35. The molecule has 0 aromatic heterocycles. The molecular formula is C22H29Cl2N3O4. The molecule has 3 rings (SSSR count). The molecule has 2 aliphatic rings. The molecule has 0 radical (unpaired) electrons. The van der Waals surface area contributed by atoms with Crippen LogP contribution in [0.25, 0.3) is 0 Å². The van der Waals surface area contributed by atoms with Crippen molar-refractivity contribution in [2.75, 3.05) is 39.9 Å². The molecule has 1 N–H and O–H groups in total. The fourth-order valence-electron chi connectivity index (χ4n) is 4.25. The first-order valence-electron chi connectivity index (χ1n) is 10.7. The van der Waals surface area contributed by atoms with E-state index in [0.29, 0.717) is 67.7 Å². The Kier molecular flexibility index (Phi) is 8.58. The smallest absolute Gasteiger partial charge is 0.254 e. The van der Waals surface area contributed by atoms with E-state index < -0.39 is 6.04 Å². The second-order valence-corrected chi connectivity index (χ2v) is 8.92. The number of rotatable bonds is 7. The van der Waals surface area contributed by atoms with Crippen molar-refractivity contribution in [1.29, 1.82) is 0 Å². The van der Waals surface area contributed by atoms with Gasteiger partial charge in [0.2, 0.25) is 11.8 Å². The van der Waals surface area contributed by atoms with Gasteiger partial charge in [-0.15, -0.1) is 0 Å². The SMILES string of the molecule is COCCCNC(=O)C1CCN(C(=O)C2CCCN2C(=O)c2cc(Cl)cc(Cl)c2)CC1. The van der Waals surface area contributed by atoms with Gasteiger partial charge in [0, 0.05) is 61.4 Å². The Morgan fingerprint density at radius 1 is 1.06 bits per heavy atom. The van der Waals surface area contributed by atoms with Crippen LogP contribution in [-0.4, -0.2) is 73.5 Å². The van der Waals surface area contributed by atoms with Gasteiger partial charge in [0.15, 0.2) is 0 Å². The first-order valence-corrected chi connectivity index (χ1v) is 11.5. The minimum atomic E-state index is -0.482. The third-order valence-corrected chi connectivity index (χ3v) is 6.35. The Morgan fingerprint density at radius 3 is 2.39 bits per heavy atom. The molecule has 3 amide bonds. The maximum atomic E-state index is 13.2. The third-order valence-electron chi connectivity index (χ3n) is 5.91. The molecule has 1 atom stereocenters. The van der Waals surface area contributed by atoms with E-state index in [1.807, 2.05) is 0 Å². The van der Waals surface area contributed by atoms with Crippen molar-refractivity contribution in [2.24, 2.45) is 5.92 Å². The summed E-state index contributed by atoms with van der Waals surface area (Å²) >= 11 is 12.1. The number of piperidine rings is 1. The lowest BCUT2D eigenvalue weighted by atomic mass is 9.95. The number of carbonyl (C=O) groups is 3. The zero-order valence-electron chi connectivity index (χ0n) is 17.7. The first-order chi connectivity index (χ1) is 14.9. The number of hydrogen-bond donors (Lipinski definition) is 1. The van der Waals surface area contributed by atoms with E-state index >= 15 is 0 Å². The van der Waals surface area contributed by atoms with E-state index in [9.17, 15) is 14.4 Å². The van der Waals surface area contributed by atoms with Crippen LogP contribution in [0.2, 0.25) is 10.0 Å². The second kappa shape index (κ2) is 11.2. The Hall–Kier alpha value is -1.83. The lowest BCUT2D eigenvalue weighted by Gasteiger charge is -2.35. The highest BCUT2D eigenvalue weighted by atomic mass is 35.5. The lowest BCUT2D eigenvalue weighted by molar-refractivity contribution is -0.138. The zero-order chi connectivity index (χ0) is 22.4. The predicted octanol–water partition coefficient (Wildman–Crippen LogP) is 2.99. The molecule has 0 spiro atoms. The first kappa shape index (κ1) is 23.8. The van der Waals surface area contributed by atoms with Crippen molar-refractivity contribution >= 4 is 40.9 Å². The number of amides is 3. The number of likely N-dealkylation sites (tertiary alicyclic amines) is 2. The van der Waals surface area contributed by atoms with Gasteiger partial charge in [-0.25, -0.2) is 0 Å². The number of halogens is 2. The van der Waals surface area contributed by atoms with Crippen molar-refractivity contribution in [1.82, 2.24) is 15.1 Å². The van der Waals surface area contributed by atoms with Crippen molar-refractivity contribution in [2.45, 2.75) is 38.1 Å². The molecule has 2 heterocycles. The molecule has 0 bridgehead atoms. The van der Waals surface area contributed by atoms with Crippen LogP contribution < -0.4 is 5.32 Å². The molecule has 2 saturated heterocycles. The summed E-state index contributed by atoms with van der Waals surface area (Å²) < 4.78 is 4.99. The Morgan fingerprint density at radius 2 is 1.74 bits per heavy atom. The van der Waals surface area contributed by atoms with Gasteiger partial charge in [0.05, 0.1) is 0 Å². The standard InChI is InChI=1S/C22H29Cl2N3O4/c1-31-11-3-7-25-20(28)15-5-9-26(10-6-15)22(30)19-4-2-8-27(19)21(29)16-12-17(23)14-18(24)13-16/h12-15,19H,2-11H2,1H3,(H,25,28).